The maximum absolute atomic E-state index is 12.7. The molecule has 0 unspecified atom stereocenters. The number of ether oxygens (including phenoxy) is 2. The first-order valence-corrected chi connectivity index (χ1v) is 13.0. The highest BCUT2D eigenvalue weighted by atomic mass is 32.2. The molecule has 33 heavy (non-hydrogen) atoms. The minimum atomic E-state index is -3.33. The molecule has 8 heteroatoms. The van der Waals surface area contributed by atoms with E-state index in [0.717, 1.165) is 17.5 Å². The molecule has 1 amide bonds. The molecule has 0 bridgehead atoms. The second-order valence-corrected chi connectivity index (χ2v) is 10.2. The lowest BCUT2D eigenvalue weighted by Crippen LogP contribution is -2.40. The van der Waals surface area contributed by atoms with Crippen LogP contribution in [0.25, 0.3) is 0 Å². The van der Waals surface area contributed by atoms with E-state index in [-0.39, 0.29) is 30.7 Å². The predicted molar refractivity (Wildman–Crippen MR) is 131 cm³/mol. The number of hydrogen-bond acceptors (Lipinski definition) is 5. The SMILES string of the molecule is CCCCS(=O)(=O)NCCN(Cc1ccc(OCc2ccccc2)c(OC)c1)C(=O)C(C)C. The van der Waals surface area contributed by atoms with Crippen molar-refractivity contribution >= 4 is 15.9 Å². The Morgan fingerprint density at radius 2 is 1.79 bits per heavy atom. The molecule has 0 aliphatic rings. The predicted octanol–water partition coefficient (Wildman–Crippen LogP) is 3.98. The van der Waals surface area contributed by atoms with E-state index in [4.69, 9.17) is 9.47 Å². The van der Waals surface area contributed by atoms with Gasteiger partial charge < -0.3 is 14.4 Å². The van der Waals surface area contributed by atoms with Crippen LogP contribution in [0.4, 0.5) is 0 Å². The Bertz CT molecular complexity index is 978. The van der Waals surface area contributed by atoms with E-state index >= 15 is 0 Å². The van der Waals surface area contributed by atoms with Crippen molar-refractivity contribution in [2.45, 2.75) is 46.8 Å². The maximum Gasteiger partial charge on any atom is 0.225 e. The largest absolute Gasteiger partial charge is 0.493 e. The Morgan fingerprint density at radius 3 is 2.42 bits per heavy atom. The summed E-state index contributed by atoms with van der Waals surface area (Å²) >= 11 is 0. The molecule has 0 spiro atoms. The molecule has 0 aliphatic carbocycles. The first-order chi connectivity index (χ1) is 15.8. The summed E-state index contributed by atoms with van der Waals surface area (Å²) in [7, 11) is -1.75. The van der Waals surface area contributed by atoms with E-state index in [1.807, 2.05) is 69.3 Å². The fourth-order valence-corrected chi connectivity index (χ4v) is 4.48. The van der Waals surface area contributed by atoms with Crippen molar-refractivity contribution in [3.05, 3.63) is 59.7 Å². The van der Waals surface area contributed by atoms with Crippen LogP contribution in [-0.2, 0) is 28.0 Å². The Kier molecular flexibility index (Phi) is 10.7. The highest BCUT2D eigenvalue weighted by Gasteiger charge is 2.19. The van der Waals surface area contributed by atoms with Crippen molar-refractivity contribution in [1.82, 2.24) is 9.62 Å². The smallest absolute Gasteiger partial charge is 0.225 e. The van der Waals surface area contributed by atoms with E-state index in [2.05, 4.69) is 4.72 Å². The van der Waals surface area contributed by atoms with Crippen molar-refractivity contribution in [2.24, 2.45) is 5.92 Å². The van der Waals surface area contributed by atoms with Crippen LogP contribution >= 0.6 is 0 Å². The van der Waals surface area contributed by atoms with Crippen molar-refractivity contribution < 1.29 is 22.7 Å². The zero-order chi connectivity index (χ0) is 24.3. The van der Waals surface area contributed by atoms with Gasteiger partial charge in [-0.25, -0.2) is 13.1 Å². The number of unbranched alkanes of at least 4 members (excludes halogenated alkanes) is 1. The van der Waals surface area contributed by atoms with Crippen molar-refractivity contribution in [3.63, 3.8) is 0 Å². The summed E-state index contributed by atoms with van der Waals surface area (Å²) in [5, 5.41) is 0. The molecule has 0 saturated heterocycles. The van der Waals surface area contributed by atoms with Gasteiger partial charge in [-0.15, -0.1) is 0 Å². The minimum absolute atomic E-state index is 0.0360. The summed E-state index contributed by atoms with van der Waals surface area (Å²) in [6.45, 7) is 6.86. The average molecular weight is 477 g/mol. The summed E-state index contributed by atoms with van der Waals surface area (Å²) in [6.07, 6.45) is 1.42. The summed E-state index contributed by atoms with van der Waals surface area (Å²) in [6, 6.07) is 15.5. The molecular formula is C25H36N2O5S. The monoisotopic (exact) mass is 476 g/mol. The quantitative estimate of drug-likeness (QED) is 0.446. The van der Waals surface area contributed by atoms with Gasteiger partial charge in [-0.1, -0.05) is 63.6 Å². The van der Waals surface area contributed by atoms with Crippen LogP contribution in [-0.4, -0.2) is 45.2 Å². The lowest BCUT2D eigenvalue weighted by molar-refractivity contribution is -0.135. The Labute approximate surface area is 198 Å². The van der Waals surface area contributed by atoms with Crippen LogP contribution in [0.5, 0.6) is 11.5 Å². The third kappa shape index (κ3) is 9.06. The standard InChI is InChI=1S/C25H36N2O5S/c1-5-6-16-33(29,30)26-14-15-27(25(28)20(2)3)18-22-12-13-23(24(17-22)31-4)32-19-21-10-8-7-9-11-21/h7-13,17,20,26H,5-6,14-16,18-19H2,1-4H3. The molecule has 7 nitrogen and oxygen atoms in total. The number of benzene rings is 2. The molecule has 0 atom stereocenters. The number of carbonyl (C=O) groups is 1. The van der Waals surface area contributed by atoms with E-state index in [9.17, 15) is 13.2 Å². The zero-order valence-corrected chi connectivity index (χ0v) is 20.9. The molecule has 0 aromatic heterocycles. The van der Waals surface area contributed by atoms with E-state index in [0.29, 0.717) is 31.1 Å². The van der Waals surface area contributed by atoms with Gasteiger partial charge in [0.05, 0.1) is 12.9 Å². The second-order valence-electron chi connectivity index (χ2n) is 8.24. The van der Waals surface area contributed by atoms with Gasteiger partial charge in [0.2, 0.25) is 15.9 Å². The topological polar surface area (TPSA) is 84.9 Å². The number of nitrogens with zero attached hydrogens (tertiary/aromatic N) is 1. The number of rotatable bonds is 14. The second kappa shape index (κ2) is 13.2. The molecule has 0 saturated carbocycles. The molecule has 0 heterocycles. The van der Waals surface area contributed by atoms with Crippen LogP contribution < -0.4 is 14.2 Å². The first kappa shape index (κ1) is 26.7. The van der Waals surface area contributed by atoms with Crippen LogP contribution in [0.1, 0.15) is 44.7 Å². The van der Waals surface area contributed by atoms with Crippen molar-refractivity contribution in [3.8, 4) is 11.5 Å². The molecule has 2 aromatic rings. The average Bonchev–Trinajstić information content (AvgIpc) is 2.81. The lowest BCUT2D eigenvalue weighted by atomic mass is 10.1. The van der Waals surface area contributed by atoms with Gasteiger partial charge in [0.15, 0.2) is 11.5 Å². The number of amides is 1. The number of methoxy groups -OCH3 is 1. The van der Waals surface area contributed by atoms with Crippen molar-refractivity contribution in [2.75, 3.05) is 26.0 Å². The first-order valence-electron chi connectivity index (χ1n) is 11.4. The van der Waals surface area contributed by atoms with E-state index in [1.54, 1.807) is 12.0 Å². The Balaban J connectivity index is 2.06. The Hall–Kier alpha value is -2.58. The molecule has 1 N–H and O–H groups in total. The summed E-state index contributed by atoms with van der Waals surface area (Å²) in [4.78, 5) is 14.4. The third-order valence-corrected chi connectivity index (χ3v) is 6.58. The molecule has 0 radical (unpaired) electrons. The maximum atomic E-state index is 12.7. The highest BCUT2D eigenvalue weighted by Crippen LogP contribution is 2.29. The van der Waals surface area contributed by atoms with Gasteiger partial charge in [-0.3, -0.25) is 4.79 Å². The summed E-state index contributed by atoms with van der Waals surface area (Å²) in [5.74, 6) is 1.07. The Morgan fingerprint density at radius 1 is 1.06 bits per heavy atom. The zero-order valence-electron chi connectivity index (χ0n) is 20.0. The molecule has 2 aromatic carbocycles. The normalized spacial score (nSPS) is 11.4. The van der Waals surface area contributed by atoms with Gasteiger partial charge in [0.1, 0.15) is 6.61 Å². The lowest BCUT2D eigenvalue weighted by Gasteiger charge is -2.25. The van der Waals surface area contributed by atoms with Crippen LogP contribution in [0.2, 0.25) is 0 Å². The molecule has 0 aliphatic heterocycles. The summed E-state index contributed by atoms with van der Waals surface area (Å²) < 4.78 is 38.2. The van der Waals surface area contributed by atoms with Crippen LogP contribution in [0.15, 0.2) is 48.5 Å². The number of nitrogens with one attached hydrogen (secondary N) is 1. The number of hydrogen-bond donors (Lipinski definition) is 1. The van der Waals surface area contributed by atoms with Gasteiger partial charge >= 0.3 is 0 Å². The van der Waals surface area contributed by atoms with Crippen LogP contribution in [0, 0.1) is 5.92 Å². The molecule has 182 valence electrons. The van der Waals surface area contributed by atoms with Gasteiger partial charge in [0.25, 0.3) is 0 Å². The van der Waals surface area contributed by atoms with E-state index < -0.39 is 10.0 Å². The fraction of sp³-hybridized carbons (Fsp3) is 0.480. The van der Waals surface area contributed by atoms with Gasteiger partial charge in [0, 0.05) is 25.6 Å². The van der Waals surface area contributed by atoms with Crippen molar-refractivity contribution in [1.29, 1.82) is 0 Å². The summed E-state index contributed by atoms with van der Waals surface area (Å²) in [5.41, 5.74) is 1.93. The van der Waals surface area contributed by atoms with Gasteiger partial charge in [-0.2, -0.15) is 0 Å². The number of carbonyl (C=O) groups excluding carboxylic acids is 1. The number of sulfonamides is 1. The van der Waals surface area contributed by atoms with Crippen LogP contribution in [0.3, 0.4) is 0 Å². The van der Waals surface area contributed by atoms with E-state index in [1.165, 1.54) is 0 Å². The third-order valence-electron chi connectivity index (χ3n) is 5.11. The molecule has 2 rings (SSSR count). The van der Waals surface area contributed by atoms with Gasteiger partial charge in [-0.05, 0) is 29.7 Å². The fourth-order valence-electron chi connectivity index (χ4n) is 3.26. The molecular weight excluding hydrogens is 440 g/mol. The molecule has 0 fully saturated rings. The minimum Gasteiger partial charge on any atom is -0.493 e. The highest BCUT2D eigenvalue weighted by molar-refractivity contribution is 7.89.